The maximum atomic E-state index is 12.2. The van der Waals surface area contributed by atoms with Crippen molar-refractivity contribution in [2.45, 2.75) is 20.3 Å². The zero-order valence-electron chi connectivity index (χ0n) is 15.5. The van der Waals surface area contributed by atoms with Gasteiger partial charge in [0.1, 0.15) is 0 Å². The second-order valence-corrected chi connectivity index (χ2v) is 6.24. The van der Waals surface area contributed by atoms with Crippen molar-refractivity contribution in [3.63, 3.8) is 0 Å². The van der Waals surface area contributed by atoms with Gasteiger partial charge in [0.2, 0.25) is 0 Å². The van der Waals surface area contributed by atoms with Crippen LogP contribution in [-0.2, 0) is 9.53 Å². The summed E-state index contributed by atoms with van der Waals surface area (Å²) in [5.74, 6) is -0.425. The van der Waals surface area contributed by atoms with E-state index in [0.717, 1.165) is 12.0 Å². The minimum absolute atomic E-state index is 0.170. The molecule has 0 atom stereocenters. The number of methoxy groups -OCH3 is 1. The Labute approximate surface area is 163 Å². The third-order valence-corrected chi connectivity index (χ3v) is 3.87. The first-order chi connectivity index (χ1) is 12.9. The Kier molecular flexibility index (Phi) is 7.49. The van der Waals surface area contributed by atoms with E-state index in [4.69, 9.17) is 25.8 Å². The fourth-order valence-electron chi connectivity index (χ4n) is 2.23. The number of carbonyl (C=O) groups is 2. The number of hydrogen-bond donors (Lipinski definition) is 1. The van der Waals surface area contributed by atoms with Crippen LogP contribution in [0.4, 0.5) is 5.69 Å². The van der Waals surface area contributed by atoms with E-state index in [-0.39, 0.29) is 10.6 Å². The Bertz CT molecular complexity index is 805. The Morgan fingerprint density at radius 1 is 1.15 bits per heavy atom. The average molecular weight is 392 g/mol. The van der Waals surface area contributed by atoms with E-state index in [9.17, 15) is 9.59 Å². The normalized spacial score (nSPS) is 10.2. The first-order valence-electron chi connectivity index (χ1n) is 8.48. The lowest BCUT2D eigenvalue weighted by Gasteiger charge is -2.13. The summed E-state index contributed by atoms with van der Waals surface area (Å²) in [7, 11) is 1.45. The van der Waals surface area contributed by atoms with Crippen LogP contribution in [0.5, 0.6) is 11.5 Å². The molecule has 0 fully saturated rings. The summed E-state index contributed by atoms with van der Waals surface area (Å²) < 4.78 is 15.8. The van der Waals surface area contributed by atoms with Gasteiger partial charge in [-0.25, -0.2) is 4.79 Å². The number of aryl methyl sites for hydroxylation is 1. The van der Waals surface area contributed by atoms with E-state index in [1.54, 1.807) is 12.1 Å². The average Bonchev–Trinajstić information content (AvgIpc) is 2.66. The van der Waals surface area contributed by atoms with Gasteiger partial charge in [0.25, 0.3) is 5.91 Å². The van der Waals surface area contributed by atoms with E-state index in [1.165, 1.54) is 19.2 Å². The van der Waals surface area contributed by atoms with Gasteiger partial charge in [0.15, 0.2) is 18.1 Å². The number of hydrogen-bond acceptors (Lipinski definition) is 5. The zero-order valence-corrected chi connectivity index (χ0v) is 16.3. The number of nitrogens with one attached hydrogen (secondary N) is 1. The van der Waals surface area contributed by atoms with Gasteiger partial charge in [0, 0.05) is 5.69 Å². The summed E-state index contributed by atoms with van der Waals surface area (Å²) in [6.45, 7) is 3.97. The molecular formula is C20H22ClNO5. The molecule has 144 valence electrons. The topological polar surface area (TPSA) is 73.9 Å². The third kappa shape index (κ3) is 5.89. The second-order valence-electron chi connectivity index (χ2n) is 5.83. The van der Waals surface area contributed by atoms with Gasteiger partial charge in [0.05, 0.1) is 24.3 Å². The van der Waals surface area contributed by atoms with Crippen LogP contribution in [0.15, 0.2) is 36.4 Å². The van der Waals surface area contributed by atoms with Crippen molar-refractivity contribution in [3.05, 3.63) is 52.5 Å². The zero-order chi connectivity index (χ0) is 19.8. The predicted octanol–water partition coefficient (Wildman–Crippen LogP) is 4.24. The second kappa shape index (κ2) is 9.83. The third-order valence-electron chi connectivity index (χ3n) is 3.59. The van der Waals surface area contributed by atoms with Crippen LogP contribution in [0.1, 0.15) is 29.3 Å². The number of anilines is 1. The van der Waals surface area contributed by atoms with E-state index in [2.05, 4.69) is 5.32 Å². The van der Waals surface area contributed by atoms with Crippen LogP contribution in [0.3, 0.4) is 0 Å². The van der Waals surface area contributed by atoms with Crippen molar-refractivity contribution in [1.29, 1.82) is 0 Å². The Morgan fingerprint density at radius 3 is 2.48 bits per heavy atom. The number of ether oxygens (including phenoxy) is 3. The number of amides is 1. The highest BCUT2D eigenvalue weighted by atomic mass is 35.5. The van der Waals surface area contributed by atoms with Crippen LogP contribution in [0.25, 0.3) is 0 Å². The van der Waals surface area contributed by atoms with Crippen molar-refractivity contribution in [2.24, 2.45) is 0 Å². The van der Waals surface area contributed by atoms with Gasteiger partial charge in [-0.05, 0) is 37.6 Å². The number of halogens is 1. The first-order valence-corrected chi connectivity index (χ1v) is 8.86. The van der Waals surface area contributed by atoms with Crippen LogP contribution in [-0.4, -0.2) is 32.2 Å². The number of benzene rings is 2. The molecule has 2 aromatic carbocycles. The van der Waals surface area contributed by atoms with Crippen LogP contribution < -0.4 is 14.8 Å². The molecule has 0 saturated heterocycles. The Morgan fingerprint density at radius 2 is 1.85 bits per heavy atom. The molecule has 0 unspecified atom stereocenters. The van der Waals surface area contributed by atoms with Crippen molar-refractivity contribution >= 4 is 29.2 Å². The molecule has 1 amide bonds. The number of rotatable bonds is 8. The minimum Gasteiger partial charge on any atom is -0.493 e. The fraction of sp³-hybridized carbons (Fsp3) is 0.300. The highest BCUT2D eigenvalue weighted by Gasteiger charge is 2.17. The van der Waals surface area contributed by atoms with Crippen molar-refractivity contribution in [2.75, 3.05) is 25.6 Å². The number of carbonyl (C=O) groups excluding carboxylic acids is 2. The largest absolute Gasteiger partial charge is 0.493 e. The van der Waals surface area contributed by atoms with Crippen LogP contribution in [0.2, 0.25) is 5.02 Å². The van der Waals surface area contributed by atoms with Crippen molar-refractivity contribution in [1.82, 2.24) is 0 Å². The van der Waals surface area contributed by atoms with Crippen molar-refractivity contribution < 1.29 is 23.8 Å². The number of esters is 1. The standard InChI is InChI=1S/C20H22ClNO5/c1-4-9-26-19-16(21)10-14(11-17(19)25-3)20(24)27-12-18(23)22-15-7-5-13(2)6-8-15/h5-8,10-11H,4,9,12H2,1-3H3,(H,22,23). The van der Waals surface area contributed by atoms with E-state index in [0.29, 0.717) is 23.8 Å². The molecule has 2 aromatic rings. The SMILES string of the molecule is CCCOc1c(Cl)cc(C(=O)OCC(=O)Nc2ccc(C)cc2)cc1OC. The Hall–Kier alpha value is -2.73. The summed E-state index contributed by atoms with van der Waals surface area (Å²) in [5, 5.41) is 2.89. The molecule has 1 N–H and O–H groups in total. The molecule has 0 spiro atoms. The molecule has 27 heavy (non-hydrogen) atoms. The van der Waals surface area contributed by atoms with Gasteiger partial charge < -0.3 is 19.5 Å². The molecule has 7 heteroatoms. The lowest BCUT2D eigenvalue weighted by atomic mass is 10.2. The molecule has 0 aromatic heterocycles. The molecule has 0 heterocycles. The van der Waals surface area contributed by atoms with Gasteiger partial charge in [-0.1, -0.05) is 36.2 Å². The maximum absolute atomic E-state index is 12.2. The smallest absolute Gasteiger partial charge is 0.338 e. The highest BCUT2D eigenvalue weighted by Crippen LogP contribution is 2.36. The predicted molar refractivity (Wildman–Crippen MR) is 104 cm³/mol. The molecule has 0 aliphatic carbocycles. The monoisotopic (exact) mass is 391 g/mol. The highest BCUT2D eigenvalue weighted by molar-refractivity contribution is 6.32. The van der Waals surface area contributed by atoms with Gasteiger partial charge >= 0.3 is 5.97 Å². The summed E-state index contributed by atoms with van der Waals surface area (Å²) >= 11 is 6.18. The van der Waals surface area contributed by atoms with Crippen molar-refractivity contribution in [3.8, 4) is 11.5 Å². The molecule has 0 aliphatic heterocycles. The maximum Gasteiger partial charge on any atom is 0.338 e. The van der Waals surface area contributed by atoms with Crippen LogP contribution >= 0.6 is 11.6 Å². The fourth-order valence-corrected chi connectivity index (χ4v) is 2.50. The van der Waals surface area contributed by atoms with Crippen LogP contribution in [0, 0.1) is 6.92 Å². The molecule has 2 rings (SSSR count). The van der Waals surface area contributed by atoms with E-state index in [1.807, 2.05) is 26.0 Å². The summed E-state index contributed by atoms with van der Waals surface area (Å²) in [6.07, 6.45) is 0.805. The van der Waals surface area contributed by atoms with Gasteiger partial charge in [-0.3, -0.25) is 4.79 Å². The summed E-state index contributed by atoms with van der Waals surface area (Å²) in [6, 6.07) is 10.2. The first kappa shape index (κ1) is 20.6. The van der Waals surface area contributed by atoms with E-state index < -0.39 is 18.5 Å². The van der Waals surface area contributed by atoms with Gasteiger partial charge in [-0.2, -0.15) is 0 Å². The molecular weight excluding hydrogens is 370 g/mol. The lowest BCUT2D eigenvalue weighted by molar-refractivity contribution is -0.119. The van der Waals surface area contributed by atoms with Gasteiger partial charge in [-0.15, -0.1) is 0 Å². The molecule has 0 saturated carbocycles. The lowest BCUT2D eigenvalue weighted by Crippen LogP contribution is -2.21. The summed E-state index contributed by atoms with van der Waals surface area (Å²) in [5.41, 5.74) is 1.88. The Balaban J connectivity index is 1.99. The molecule has 6 nitrogen and oxygen atoms in total. The molecule has 0 aliphatic rings. The molecule has 0 radical (unpaired) electrons. The minimum atomic E-state index is -0.684. The summed E-state index contributed by atoms with van der Waals surface area (Å²) in [4.78, 5) is 24.2. The quantitative estimate of drug-likeness (QED) is 0.681. The molecule has 0 bridgehead atoms. The van der Waals surface area contributed by atoms with E-state index >= 15 is 0 Å².